The quantitative estimate of drug-likeness (QED) is 0.806. The molecule has 6 nitrogen and oxygen atoms in total. The van der Waals surface area contributed by atoms with E-state index in [9.17, 15) is 18.0 Å². The highest BCUT2D eigenvalue weighted by atomic mass is 32.2. The van der Waals surface area contributed by atoms with Crippen LogP contribution in [0.25, 0.3) is 0 Å². The van der Waals surface area contributed by atoms with E-state index in [2.05, 4.69) is 0 Å². The molecule has 2 saturated heterocycles. The Hall–Kier alpha value is -1.89. The summed E-state index contributed by atoms with van der Waals surface area (Å²) >= 11 is 0. The second-order valence-electron chi connectivity index (χ2n) is 7.26. The molecule has 0 bridgehead atoms. The lowest BCUT2D eigenvalue weighted by molar-refractivity contribution is 0.0740. The first-order valence-electron chi connectivity index (χ1n) is 9.24. The largest absolute Gasteiger partial charge is 0.339 e. The lowest BCUT2D eigenvalue weighted by Crippen LogP contribution is -2.37. The Balaban J connectivity index is 1.66. The highest BCUT2D eigenvalue weighted by molar-refractivity contribution is 7.91. The number of sulfone groups is 1. The van der Waals surface area contributed by atoms with Gasteiger partial charge in [-0.2, -0.15) is 0 Å². The van der Waals surface area contributed by atoms with Gasteiger partial charge in [0.2, 0.25) is 0 Å². The number of benzene rings is 1. The van der Waals surface area contributed by atoms with Crippen LogP contribution in [0.3, 0.4) is 0 Å². The minimum Gasteiger partial charge on any atom is -0.339 e. The monoisotopic (exact) mass is 378 g/mol. The highest BCUT2D eigenvalue weighted by Crippen LogP contribution is 2.19. The Kier molecular flexibility index (Phi) is 5.65. The van der Waals surface area contributed by atoms with Gasteiger partial charge in [-0.25, -0.2) is 8.42 Å². The molecule has 0 aliphatic carbocycles. The zero-order chi connectivity index (χ0) is 18.7. The molecule has 0 spiro atoms. The van der Waals surface area contributed by atoms with Crippen LogP contribution in [0.5, 0.6) is 0 Å². The van der Waals surface area contributed by atoms with Gasteiger partial charge in [-0.3, -0.25) is 9.59 Å². The number of hydrogen-bond donors (Lipinski definition) is 0. The molecule has 7 heteroatoms. The van der Waals surface area contributed by atoms with Crippen LogP contribution in [0.15, 0.2) is 24.3 Å². The van der Waals surface area contributed by atoms with Crippen molar-refractivity contribution in [3.05, 3.63) is 35.4 Å². The van der Waals surface area contributed by atoms with E-state index in [1.54, 1.807) is 31.3 Å². The molecule has 1 aromatic carbocycles. The zero-order valence-electron chi connectivity index (χ0n) is 15.2. The van der Waals surface area contributed by atoms with Gasteiger partial charge in [-0.05, 0) is 43.5 Å². The normalized spacial score (nSPS) is 22.7. The third-order valence-corrected chi connectivity index (χ3v) is 7.10. The first-order chi connectivity index (χ1) is 12.4. The van der Waals surface area contributed by atoms with Crippen LogP contribution >= 0.6 is 0 Å². The zero-order valence-corrected chi connectivity index (χ0v) is 16.0. The average Bonchev–Trinajstić information content (AvgIpc) is 2.84. The third-order valence-electron chi connectivity index (χ3n) is 5.35. The molecule has 1 unspecified atom stereocenters. The maximum absolute atomic E-state index is 12.6. The van der Waals surface area contributed by atoms with E-state index in [0.717, 1.165) is 25.9 Å². The topological polar surface area (TPSA) is 74.8 Å². The first-order valence-corrected chi connectivity index (χ1v) is 11.1. The van der Waals surface area contributed by atoms with Crippen LogP contribution in [0.4, 0.5) is 0 Å². The van der Waals surface area contributed by atoms with E-state index in [4.69, 9.17) is 0 Å². The number of hydrogen-bond acceptors (Lipinski definition) is 4. The van der Waals surface area contributed by atoms with Crippen LogP contribution in [0.1, 0.15) is 52.8 Å². The van der Waals surface area contributed by atoms with Crippen molar-refractivity contribution in [3.8, 4) is 0 Å². The van der Waals surface area contributed by atoms with Crippen molar-refractivity contribution in [2.45, 2.75) is 38.1 Å². The van der Waals surface area contributed by atoms with Gasteiger partial charge in [0.15, 0.2) is 9.84 Å². The molecule has 3 rings (SSSR count). The van der Waals surface area contributed by atoms with Gasteiger partial charge in [0.1, 0.15) is 0 Å². The van der Waals surface area contributed by atoms with Crippen LogP contribution in [0, 0.1) is 0 Å². The molecule has 2 aliphatic heterocycles. The fourth-order valence-corrected chi connectivity index (χ4v) is 5.44. The molecule has 2 amide bonds. The summed E-state index contributed by atoms with van der Waals surface area (Å²) in [7, 11) is -1.39. The van der Waals surface area contributed by atoms with Crippen LogP contribution < -0.4 is 0 Å². The molecule has 142 valence electrons. The summed E-state index contributed by atoms with van der Waals surface area (Å²) in [4.78, 5) is 28.6. The second kappa shape index (κ2) is 7.78. The summed E-state index contributed by atoms with van der Waals surface area (Å²) in [5.74, 6) is -0.0266. The number of nitrogens with zero attached hydrogens (tertiary/aromatic N) is 2. The van der Waals surface area contributed by atoms with Crippen molar-refractivity contribution < 1.29 is 18.0 Å². The van der Waals surface area contributed by atoms with Gasteiger partial charge in [0.05, 0.1) is 11.5 Å². The van der Waals surface area contributed by atoms with Crippen molar-refractivity contribution in [1.82, 2.24) is 9.80 Å². The van der Waals surface area contributed by atoms with E-state index in [-0.39, 0.29) is 29.4 Å². The van der Waals surface area contributed by atoms with Crippen molar-refractivity contribution in [3.63, 3.8) is 0 Å². The summed E-state index contributed by atoms with van der Waals surface area (Å²) in [6.45, 7) is 1.58. The molecule has 0 saturated carbocycles. The van der Waals surface area contributed by atoms with Crippen molar-refractivity contribution in [1.29, 1.82) is 0 Å². The van der Waals surface area contributed by atoms with Gasteiger partial charge >= 0.3 is 0 Å². The third kappa shape index (κ3) is 4.26. The Bertz CT molecular complexity index is 765. The Morgan fingerprint density at radius 2 is 1.58 bits per heavy atom. The number of amides is 2. The minimum absolute atomic E-state index is 0.0149. The van der Waals surface area contributed by atoms with Crippen LogP contribution in [-0.2, 0) is 9.84 Å². The van der Waals surface area contributed by atoms with E-state index in [1.807, 2.05) is 4.90 Å². The maximum Gasteiger partial charge on any atom is 0.253 e. The van der Waals surface area contributed by atoms with E-state index < -0.39 is 9.84 Å². The van der Waals surface area contributed by atoms with Crippen molar-refractivity contribution in [2.75, 3.05) is 31.6 Å². The van der Waals surface area contributed by atoms with E-state index >= 15 is 0 Å². The summed E-state index contributed by atoms with van der Waals surface area (Å²) in [5.41, 5.74) is 1.07. The molecule has 0 N–H and O–H groups in total. The smallest absolute Gasteiger partial charge is 0.253 e. The van der Waals surface area contributed by atoms with Gasteiger partial charge in [-0.1, -0.05) is 12.8 Å². The second-order valence-corrected chi connectivity index (χ2v) is 9.49. The predicted molar refractivity (Wildman–Crippen MR) is 100.0 cm³/mol. The van der Waals surface area contributed by atoms with Gasteiger partial charge in [-0.15, -0.1) is 0 Å². The molecule has 26 heavy (non-hydrogen) atoms. The number of rotatable bonds is 3. The van der Waals surface area contributed by atoms with E-state index in [0.29, 0.717) is 17.5 Å². The maximum atomic E-state index is 12.6. The molecule has 2 heterocycles. The molecule has 0 aromatic heterocycles. The lowest BCUT2D eigenvalue weighted by atomic mass is 10.1. The average molecular weight is 378 g/mol. The summed E-state index contributed by atoms with van der Waals surface area (Å²) in [5, 5.41) is 0. The standard InChI is InChI=1S/C19H26N2O4S/c1-20(17-10-13-26(24,25)14-17)18(22)15-6-8-16(9-7-15)19(23)21-11-4-2-3-5-12-21/h6-9,17H,2-5,10-14H2,1H3. The highest BCUT2D eigenvalue weighted by Gasteiger charge is 2.33. The number of likely N-dealkylation sites (tertiary alicyclic amines) is 1. The Labute approximate surface area is 155 Å². The first kappa shape index (κ1) is 18.9. The van der Waals surface area contributed by atoms with E-state index in [1.165, 1.54) is 17.7 Å². The fourth-order valence-electron chi connectivity index (χ4n) is 3.66. The number of carbonyl (C=O) groups excluding carboxylic acids is 2. The van der Waals surface area contributed by atoms with Crippen molar-refractivity contribution >= 4 is 21.7 Å². The van der Waals surface area contributed by atoms with Gasteiger partial charge < -0.3 is 9.80 Å². The Morgan fingerprint density at radius 1 is 1.00 bits per heavy atom. The minimum atomic E-state index is -3.03. The molecule has 1 atom stereocenters. The summed E-state index contributed by atoms with van der Waals surface area (Å²) in [6.07, 6.45) is 4.89. The summed E-state index contributed by atoms with van der Waals surface area (Å²) < 4.78 is 23.2. The van der Waals surface area contributed by atoms with Crippen molar-refractivity contribution in [2.24, 2.45) is 0 Å². The fraction of sp³-hybridized carbons (Fsp3) is 0.579. The van der Waals surface area contributed by atoms with Crippen LogP contribution in [0.2, 0.25) is 0 Å². The molecule has 0 radical (unpaired) electrons. The molecular weight excluding hydrogens is 352 g/mol. The Morgan fingerprint density at radius 3 is 2.12 bits per heavy atom. The van der Waals surface area contributed by atoms with Crippen LogP contribution in [-0.4, -0.2) is 67.7 Å². The molecular formula is C19H26N2O4S. The predicted octanol–water partition coefficient (Wildman–Crippen LogP) is 1.96. The SMILES string of the molecule is CN(C(=O)c1ccc(C(=O)N2CCCCCC2)cc1)C1CCS(=O)(=O)C1. The molecule has 1 aromatic rings. The number of carbonyl (C=O) groups is 2. The lowest BCUT2D eigenvalue weighted by Gasteiger charge is -2.24. The van der Waals surface area contributed by atoms with Gasteiger partial charge in [0, 0.05) is 37.3 Å². The van der Waals surface area contributed by atoms with Gasteiger partial charge in [0.25, 0.3) is 11.8 Å². The molecule has 2 aliphatic rings. The molecule has 2 fully saturated rings. The summed E-state index contributed by atoms with van der Waals surface area (Å²) in [6, 6.07) is 6.44.